The summed E-state index contributed by atoms with van der Waals surface area (Å²) < 4.78 is 0. The van der Waals surface area contributed by atoms with Crippen molar-refractivity contribution >= 4 is 5.78 Å². The Kier molecular flexibility index (Phi) is 1.73. The van der Waals surface area contributed by atoms with Crippen molar-refractivity contribution in [2.24, 2.45) is 11.8 Å². The number of ketones is 1. The Balaban J connectivity index is 1.99. The summed E-state index contributed by atoms with van der Waals surface area (Å²) in [6.45, 7) is 0. The molecule has 0 spiro atoms. The smallest absolute Gasteiger partial charge is 0.136 e. The summed E-state index contributed by atoms with van der Waals surface area (Å²) in [5.41, 5.74) is 2.88. The Hall–Kier alpha value is -1.11. The lowest BCUT2D eigenvalue weighted by Gasteiger charge is -2.26. The summed E-state index contributed by atoms with van der Waals surface area (Å²) in [6.07, 6.45) is 4.08. The first-order chi connectivity index (χ1) is 6.84. The van der Waals surface area contributed by atoms with E-state index in [-0.39, 0.29) is 0 Å². The molecule has 2 atom stereocenters. The van der Waals surface area contributed by atoms with Crippen molar-refractivity contribution in [3.05, 3.63) is 35.4 Å². The van der Waals surface area contributed by atoms with Crippen LogP contribution in [0.3, 0.4) is 0 Å². The molecule has 14 heavy (non-hydrogen) atoms. The van der Waals surface area contributed by atoms with Crippen molar-refractivity contribution in [2.45, 2.75) is 25.7 Å². The van der Waals surface area contributed by atoms with E-state index >= 15 is 0 Å². The average Bonchev–Trinajstić information content (AvgIpc) is 2.57. The highest BCUT2D eigenvalue weighted by atomic mass is 16.1. The second kappa shape index (κ2) is 2.94. The van der Waals surface area contributed by atoms with Crippen molar-refractivity contribution in [2.75, 3.05) is 0 Å². The minimum absolute atomic E-state index is 0.352. The van der Waals surface area contributed by atoms with Gasteiger partial charge in [0.2, 0.25) is 0 Å². The first kappa shape index (κ1) is 8.22. The van der Waals surface area contributed by atoms with Crippen LogP contribution < -0.4 is 0 Å². The molecule has 1 saturated carbocycles. The van der Waals surface area contributed by atoms with Gasteiger partial charge in [-0.15, -0.1) is 0 Å². The molecule has 0 amide bonds. The van der Waals surface area contributed by atoms with Crippen molar-refractivity contribution in [1.82, 2.24) is 0 Å². The molecule has 2 unspecified atom stereocenters. The van der Waals surface area contributed by atoms with Gasteiger partial charge in [0.15, 0.2) is 0 Å². The quantitative estimate of drug-likeness (QED) is 0.608. The number of Topliss-reactive ketones (excluding diaryl/α,β-unsaturated/α-hetero) is 1. The molecular formula is C13H14O. The minimum Gasteiger partial charge on any atom is -0.299 e. The number of hydrogen-bond acceptors (Lipinski definition) is 1. The van der Waals surface area contributed by atoms with Crippen molar-refractivity contribution in [3.8, 4) is 0 Å². The van der Waals surface area contributed by atoms with Crippen molar-refractivity contribution < 1.29 is 4.79 Å². The number of fused-ring (bicyclic) bond motifs is 2. The van der Waals surface area contributed by atoms with Crippen LogP contribution in [-0.4, -0.2) is 5.78 Å². The van der Waals surface area contributed by atoms with Gasteiger partial charge in [0.1, 0.15) is 5.78 Å². The predicted molar refractivity (Wildman–Crippen MR) is 55.1 cm³/mol. The largest absolute Gasteiger partial charge is 0.299 e. The molecule has 0 bridgehead atoms. The second-order valence-electron chi connectivity index (χ2n) is 4.55. The van der Waals surface area contributed by atoms with Gasteiger partial charge in [0, 0.05) is 12.3 Å². The fourth-order valence-corrected chi connectivity index (χ4v) is 2.98. The first-order valence-electron chi connectivity index (χ1n) is 5.44. The number of benzene rings is 1. The Labute approximate surface area is 84.1 Å². The van der Waals surface area contributed by atoms with Crippen LogP contribution in [0.5, 0.6) is 0 Å². The predicted octanol–water partition coefficient (Wildman–Crippen LogP) is 2.38. The number of carbonyl (C=O) groups is 1. The maximum absolute atomic E-state index is 11.6. The summed E-state index contributed by atoms with van der Waals surface area (Å²) in [4.78, 5) is 11.6. The molecular weight excluding hydrogens is 172 g/mol. The zero-order valence-corrected chi connectivity index (χ0v) is 8.20. The minimum atomic E-state index is 0.352. The van der Waals surface area contributed by atoms with Crippen LogP contribution in [0.2, 0.25) is 0 Å². The third-order valence-corrected chi connectivity index (χ3v) is 3.78. The van der Waals surface area contributed by atoms with Gasteiger partial charge in [-0.2, -0.15) is 0 Å². The monoisotopic (exact) mass is 186 g/mol. The van der Waals surface area contributed by atoms with Crippen LogP contribution in [0.15, 0.2) is 24.3 Å². The summed E-state index contributed by atoms with van der Waals surface area (Å²) in [5.74, 6) is 1.51. The lowest BCUT2D eigenvalue weighted by atomic mass is 9.78. The van der Waals surface area contributed by atoms with E-state index in [0.717, 1.165) is 25.7 Å². The summed E-state index contributed by atoms with van der Waals surface area (Å²) in [5, 5.41) is 0. The zero-order valence-electron chi connectivity index (χ0n) is 8.20. The van der Waals surface area contributed by atoms with Gasteiger partial charge in [0.05, 0.1) is 0 Å². The summed E-state index contributed by atoms with van der Waals surface area (Å²) in [7, 11) is 0. The Morgan fingerprint density at radius 2 is 1.79 bits per heavy atom. The van der Waals surface area contributed by atoms with E-state index in [4.69, 9.17) is 0 Å². The molecule has 2 aliphatic rings. The topological polar surface area (TPSA) is 17.1 Å². The summed E-state index contributed by atoms with van der Waals surface area (Å²) in [6, 6.07) is 8.58. The van der Waals surface area contributed by atoms with E-state index in [1.807, 2.05) is 0 Å². The van der Waals surface area contributed by atoms with Gasteiger partial charge >= 0.3 is 0 Å². The van der Waals surface area contributed by atoms with Crippen LogP contribution in [0.4, 0.5) is 0 Å². The molecule has 0 aliphatic heterocycles. The Bertz CT molecular complexity index is 381. The molecule has 0 heterocycles. The highest BCUT2D eigenvalue weighted by Gasteiger charge is 2.37. The Morgan fingerprint density at radius 1 is 1.07 bits per heavy atom. The molecule has 1 nitrogen and oxygen atoms in total. The molecule has 0 radical (unpaired) electrons. The van der Waals surface area contributed by atoms with E-state index in [1.165, 1.54) is 11.1 Å². The van der Waals surface area contributed by atoms with Crippen molar-refractivity contribution in [1.29, 1.82) is 0 Å². The standard InChI is InChI=1S/C13H14O/c14-13-6-5-11-7-9-3-1-2-4-10(9)8-12(11)13/h1-4,11-12H,5-8H2. The average molecular weight is 186 g/mol. The van der Waals surface area contributed by atoms with Crippen LogP contribution in [0.1, 0.15) is 24.0 Å². The van der Waals surface area contributed by atoms with Crippen molar-refractivity contribution in [3.63, 3.8) is 0 Å². The molecule has 1 heteroatoms. The highest BCUT2D eigenvalue weighted by molar-refractivity contribution is 5.84. The van der Waals surface area contributed by atoms with Crippen LogP contribution in [-0.2, 0) is 17.6 Å². The maximum Gasteiger partial charge on any atom is 0.136 e. The fraction of sp³-hybridized carbons (Fsp3) is 0.462. The third kappa shape index (κ3) is 1.12. The van der Waals surface area contributed by atoms with E-state index in [2.05, 4.69) is 24.3 Å². The normalized spacial score (nSPS) is 29.9. The van der Waals surface area contributed by atoms with Crippen LogP contribution in [0.25, 0.3) is 0 Å². The number of rotatable bonds is 0. The molecule has 72 valence electrons. The van der Waals surface area contributed by atoms with E-state index in [0.29, 0.717) is 17.6 Å². The lowest BCUT2D eigenvalue weighted by molar-refractivity contribution is -0.121. The van der Waals surface area contributed by atoms with Gasteiger partial charge in [0.25, 0.3) is 0 Å². The third-order valence-electron chi connectivity index (χ3n) is 3.78. The number of hydrogen-bond donors (Lipinski definition) is 0. The van der Waals surface area contributed by atoms with E-state index < -0.39 is 0 Å². The molecule has 1 aromatic carbocycles. The van der Waals surface area contributed by atoms with E-state index in [1.54, 1.807) is 0 Å². The fourth-order valence-electron chi connectivity index (χ4n) is 2.98. The second-order valence-corrected chi connectivity index (χ2v) is 4.55. The Morgan fingerprint density at radius 3 is 2.57 bits per heavy atom. The first-order valence-corrected chi connectivity index (χ1v) is 5.44. The van der Waals surface area contributed by atoms with Gasteiger partial charge in [-0.25, -0.2) is 0 Å². The highest BCUT2D eigenvalue weighted by Crippen LogP contribution is 2.38. The zero-order chi connectivity index (χ0) is 9.54. The maximum atomic E-state index is 11.6. The van der Waals surface area contributed by atoms with Gasteiger partial charge in [-0.05, 0) is 36.3 Å². The SMILES string of the molecule is O=C1CCC2Cc3ccccc3CC12. The van der Waals surface area contributed by atoms with Gasteiger partial charge in [-0.3, -0.25) is 4.79 Å². The molecule has 0 N–H and O–H groups in total. The molecule has 1 aromatic rings. The molecule has 1 fully saturated rings. The summed E-state index contributed by atoms with van der Waals surface area (Å²) >= 11 is 0. The lowest BCUT2D eigenvalue weighted by Crippen LogP contribution is -2.24. The van der Waals surface area contributed by atoms with E-state index in [9.17, 15) is 4.79 Å². The molecule has 0 aromatic heterocycles. The molecule has 0 saturated heterocycles. The molecule has 2 aliphatic carbocycles. The van der Waals surface area contributed by atoms with Crippen LogP contribution >= 0.6 is 0 Å². The van der Waals surface area contributed by atoms with Crippen LogP contribution in [0, 0.1) is 11.8 Å². The number of carbonyl (C=O) groups excluding carboxylic acids is 1. The van der Waals surface area contributed by atoms with Gasteiger partial charge in [-0.1, -0.05) is 24.3 Å². The van der Waals surface area contributed by atoms with Gasteiger partial charge < -0.3 is 0 Å². The molecule has 3 rings (SSSR count).